The number of benzene rings is 5. The Labute approximate surface area is 418 Å². The second kappa shape index (κ2) is 11.1. The van der Waals surface area contributed by atoms with Crippen LogP contribution >= 0.6 is 0 Å². The lowest BCUT2D eigenvalue weighted by molar-refractivity contribution is -0.0925. The minimum atomic E-state index is -0.237. The highest BCUT2D eigenvalue weighted by Gasteiger charge is 2.96. The van der Waals surface area contributed by atoms with Crippen LogP contribution in [0, 0.1) is 124 Å². The standard InChI is InChI=1S/C71H58/c1-66-64-62-63-65(66)70(40-23-13-5-14-24-40)57-47-32-30-45-43-28-27-42-44-29-31-46-48-33-35-50-51-36-34-49(47)59(70)61(51)71(66,41-25-15-6-16-26-41)60(50)58(48)69(64,39-21-11-4-12-22-39)56(46)54(44)67(62,37-17-7-2-8-18-37)52(42)53(43)68(63,55(45)57)38-19-9-3-10-20-38/h2-36,42-61H,1H3. The Bertz CT molecular complexity index is 3340. The predicted octanol–water partition coefficient (Wildman–Crippen LogP) is 13.6. The van der Waals surface area contributed by atoms with Crippen LogP contribution in [0.2, 0.25) is 0 Å². The maximum Gasteiger partial charge on any atom is 0.0280 e. The molecule has 0 heterocycles. The van der Waals surface area contributed by atoms with E-state index in [-0.39, 0.29) is 32.5 Å². The smallest absolute Gasteiger partial charge is 0.0280 e. The lowest BCUT2D eigenvalue weighted by atomic mass is 9.27. The molecular weight excluding hydrogens is 853 g/mol. The summed E-state index contributed by atoms with van der Waals surface area (Å²) in [4.78, 5) is 0. The molecule has 16 aliphatic carbocycles. The minimum Gasteiger partial charge on any atom is -0.0842 e. The van der Waals surface area contributed by atoms with Crippen LogP contribution in [0.3, 0.4) is 0 Å². The molecule has 16 aliphatic rings. The van der Waals surface area contributed by atoms with Crippen molar-refractivity contribution in [3.8, 4) is 0 Å². The summed E-state index contributed by atoms with van der Waals surface area (Å²) in [7, 11) is 0. The molecule has 0 aromatic heterocycles. The summed E-state index contributed by atoms with van der Waals surface area (Å²) in [6, 6.07) is 63.4. The molecule has 5 aromatic rings. The molecule has 342 valence electrons. The summed E-state index contributed by atoms with van der Waals surface area (Å²) in [5.41, 5.74) is 15.4. The maximum absolute atomic E-state index is 3.05. The molecule has 0 heteroatoms. The van der Waals surface area contributed by atoms with Gasteiger partial charge < -0.3 is 0 Å². The first-order valence-corrected chi connectivity index (χ1v) is 28.4. The Morgan fingerprint density at radius 1 is 0.239 bits per heavy atom. The molecule has 0 aliphatic heterocycles. The predicted molar refractivity (Wildman–Crippen MR) is 278 cm³/mol. The summed E-state index contributed by atoms with van der Waals surface area (Å²) in [5.74, 6) is 10.1. The van der Waals surface area contributed by atoms with Gasteiger partial charge in [0.25, 0.3) is 0 Å². The van der Waals surface area contributed by atoms with Gasteiger partial charge in [0.1, 0.15) is 0 Å². The lowest BCUT2D eigenvalue weighted by Crippen LogP contribution is -2.73. The van der Waals surface area contributed by atoms with Gasteiger partial charge in [0.15, 0.2) is 0 Å². The number of rotatable bonds is 5. The van der Waals surface area contributed by atoms with Gasteiger partial charge in [-0.1, -0.05) is 219 Å². The summed E-state index contributed by atoms with van der Waals surface area (Å²) in [6.07, 6.45) is 29.2. The molecule has 24 atom stereocenters. The fourth-order valence-corrected chi connectivity index (χ4v) is 27.2. The largest absolute Gasteiger partial charge is 0.0842 e. The Balaban J connectivity index is 1.10. The first-order valence-electron chi connectivity index (χ1n) is 28.4. The molecule has 0 saturated heterocycles. The van der Waals surface area contributed by atoms with Gasteiger partial charge in [-0.05, 0) is 168 Å². The molecule has 0 radical (unpaired) electrons. The molecule has 8 fully saturated rings. The first-order chi connectivity index (χ1) is 35.1. The van der Waals surface area contributed by atoms with Crippen LogP contribution in [0.25, 0.3) is 0 Å². The van der Waals surface area contributed by atoms with E-state index in [1.54, 1.807) is 27.8 Å². The molecule has 71 heavy (non-hydrogen) atoms. The Kier molecular flexibility index (Phi) is 5.80. The molecule has 21 rings (SSSR count). The third kappa shape index (κ3) is 3.04. The maximum atomic E-state index is 3.05. The van der Waals surface area contributed by atoms with Gasteiger partial charge in [-0.3, -0.25) is 0 Å². The normalized spacial score (nSPS) is 55.1. The highest BCUT2D eigenvalue weighted by molar-refractivity contribution is 5.84. The van der Waals surface area contributed by atoms with Crippen molar-refractivity contribution < 1.29 is 0 Å². The molecule has 0 bridgehead atoms. The Morgan fingerprint density at radius 2 is 0.451 bits per heavy atom. The third-order valence-electron chi connectivity index (χ3n) is 26.8. The molecule has 0 N–H and O–H groups in total. The third-order valence-corrected chi connectivity index (χ3v) is 26.8. The van der Waals surface area contributed by atoms with E-state index in [0.717, 1.165) is 0 Å². The summed E-state index contributed by atoms with van der Waals surface area (Å²) in [6.45, 7) is 3.05. The molecule has 0 amide bonds. The Morgan fingerprint density at radius 3 is 0.732 bits per heavy atom. The van der Waals surface area contributed by atoms with Crippen molar-refractivity contribution >= 4 is 0 Å². The van der Waals surface area contributed by atoms with Gasteiger partial charge in [-0.2, -0.15) is 0 Å². The lowest BCUT2D eigenvalue weighted by Gasteiger charge is -2.75. The van der Waals surface area contributed by atoms with Gasteiger partial charge in [0.05, 0.1) is 0 Å². The van der Waals surface area contributed by atoms with E-state index in [4.69, 9.17) is 0 Å². The molecular formula is C71H58. The van der Waals surface area contributed by atoms with Crippen molar-refractivity contribution in [1.29, 1.82) is 0 Å². The van der Waals surface area contributed by atoms with Gasteiger partial charge >= 0.3 is 0 Å². The number of hydrogen-bond donors (Lipinski definition) is 0. The van der Waals surface area contributed by atoms with Crippen LogP contribution in [-0.4, -0.2) is 0 Å². The van der Waals surface area contributed by atoms with Crippen molar-refractivity contribution in [1.82, 2.24) is 0 Å². The quantitative estimate of drug-likeness (QED) is 0.154. The van der Waals surface area contributed by atoms with Crippen LogP contribution in [0.4, 0.5) is 0 Å². The fraction of sp³-hybridized carbons (Fsp3) is 0.380. The van der Waals surface area contributed by atoms with E-state index < -0.39 is 0 Å². The number of fused-ring (bicyclic) bond motifs is 5. The molecule has 0 nitrogen and oxygen atoms in total. The van der Waals surface area contributed by atoms with Crippen molar-refractivity contribution in [3.05, 3.63) is 263 Å². The second-order valence-electron chi connectivity index (χ2n) is 26.8. The Hall–Kier alpha value is -5.72. The topological polar surface area (TPSA) is 0 Å². The zero-order valence-electron chi connectivity index (χ0n) is 40.3. The molecule has 0 spiro atoms. The summed E-state index contributed by atoms with van der Waals surface area (Å²) in [5, 5.41) is 0. The van der Waals surface area contributed by atoms with Crippen LogP contribution in [0.5, 0.6) is 0 Å². The second-order valence-corrected chi connectivity index (χ2v) is 26.8. The SMILES string of the molecule is CC12C3=C4C5=C1C1(c6ccccc6)C6C7C=CC8C9C=CC%10C%11C=CC%12C%13C=CC%14C%15C=CC7C1C%15C2(c1ccccc1)C%14C%13C3(c1ccccc1)C%12C%11C4(c1ccccc1)C%10C9C5(c1ccccc1)C86. The van der Waals surface area contributed by atoms with E-state index in [9.17, 15) is 0 Å². The van der Waals surface area contributed by atoms with Gasteiger partial charge in [0, 0.05) is 32.5 Å². The minimum absolute atomic E-state index is 0.0917. The van der Waals surface area contributed by atoms with Crippen LogP contribution in [0.1, 0.15) is 34.7 Å². The van der Waals surface area contributed by atoms with Crippen molar-refractivity contribution in [2.24, 2.45) is 124 Å². The fourth-order valence-electron chi connectivity index (χ4n) is 27.2. The zero-order chi connectivity index (χ0) is 45.5. The number of hydrogen-bond acceptors (Lipinski definition) is 0. The monoisotopic (exact) mass is 910 g/mol. The van der Waals surface area contributed by atoms with E-state index in [2.05, 4.69) is 219 Å². The zero-order valence-corrected chi connectivity index (χ0v) is 40.3. The molecule has 24 unspecified atom stereocenters. The number of allylic oxidation sites excluding steroid dienone is 14. The van der Waals surface area contributed by atoms with Gasteiger partial charge in [0.2, 0.25) is 0 Å². The van der Waals surface area contributed by atoms with E-state index in [1.807, 2.05) is 22.3 Å². The van der Waals surface area contributed by atoms with Crippen LogP contribution < -0.4 is 0 Å². The summed E-state index contributed by atoms with van der Waals surface area (Å²) < 4.78 is 0. The van der Waals surface area contributed by atoms with Gasteiger partial charge in [-0.15, -0.1) is 0 Å². The highest BCUT2D eigenvalue weighted by atomic mass is 15.0. The van der Waals surface area contributed by atoms with Gasteiger partial charge in [-0.25, -0.2) is 0 Å². The molecule has 5 aromatic carbocycles. The van der Waals surface area contributed by atoms with Crippen molar-refractivity contribution in [2.45, 2.75) is 34.0 Å². The van der Waals surface area contributed by atoms with Crippen LogP contribution in [-0.2, 0) is 27.1 Å². The highest BCUT2D eigenvalue weighted by Crippen LogP contribution is 2.99. The summed E-state index contributed by atoms with van der Waals surface area (Å²) >= 11 is 0. The van der Waals surface area contributed by atoms with E-state index >= 15 is 0 Å². The van der Waals surface area contributed by atoms with Crippen molar-refractivity contribution in [2.75, 3.05) is 0 Å². The van der Waals surface area contributed by atoms with Crippen molar-refractivity contribution in [3.63, 3.8) is 0 Å². The molecule has 8 saturated carbocycles. The van der Waals surface area contributed by atoms with E-state index in [1.165, 1.54) is 0 Å². The first kappa shape index (κ1) is 37.1. The van der Waals surface area contributed by atoms with E-state index in [0.29, 0.717) is 118 Å². The average molecular weight is 911 g/mol. The average Bonchev–Trinajstić information content (AvgIpc) is 4.38. The van der Waals surface area contributed by atoms with Crippen LogP contribution in [0.15, 0.2) is 235 Å².